The lowest BCUT2D eigenvalue weighted by molar-refractivity contribution is -0.128. The minimum Gasteiger partial charge on any atom is -0.481 e. The highest BCUT2D eigenvalue weighted by atomic mass is 32.2. The molecule has 170 valence electrons. The molecule has 0 radical (unpaired) electrons. The van der Waals surface area contributed by atoms with E-state index in [1.54, 1.807) is 30.5 Å². The number of aryl methyl sites for hydroxylation is 1. The Morgan fingerprint density at radius 1 is 1.19 bits per heavy atom. The molecule has 1 atom stereocenters. The SMILES string of the molecule is CCC(Oc1ccc(N(C)S(C)(=O)=O)cc1)C(=O)NCc1ccccc1-n1ccnc1C. The number of hydrogen-bond donors (Lipinski definition) is 1. The number of carbonyl (C=O) groups is 1. The summed E-state index contributed by atoms with van der Waals surface area (Å²) in [7, 11) is -1.86. The zero-order chi connectivity index (χ0) is 23.3. The molecule has 8 nitrogen and oxygen atoms in total. The predicted molar refractivity (Wildman–Crippen MR) is 125 cm³/mol. The van der Waals surface area contributed by atoms with Crippen LogP contribution < -0.4 is 14.4 Å². The largest absolute Gasteiger partial charge is 0.481 e. The molecule has 0 bridgehead atoms. The molecule has 32 heavy (non-hydrogen) atoms. The number of rotatable bonds is 9. The number of para-hydroxylation sites is 1. The number of carbonyl (C=O) groups excluding carboxylic acids is 1. The highest BCUT2D eigenvalue weighted by Crippen LogP contribution is 2.22. The van der Waals surface area contributed by atoms with Crippen molar-refractivity contribution in [3.8, 4) is 11.4 Å². The van der Waals surface area contributed by atoms with Gasteiger partial charge < -0.3 is 14.6 Å². The Morgan fingerprint density at radius 2 is 1.88 bits per heavy atom. The Morgan fingerprint density at radius 3 is 2.47 bits per heavy atom. The Kier molecular flexibility index (Phi) is 7.19. The maximum Gasteiger partial charge on any atom is 0.261 e. The minimum absolute atomic E-state index is 0.220. The van der Waals surface area contributed by atoms with Crippen molar-refractivity contribution >= 4 is 21.6 Å². The van der Waals surface area contributed by atoms with Crippen LogP contribution in [0.4, 0.5) is 5.69 Å². The lowest BCUT2D eigenvalue weighted by atomic mass is 10.1. The lowest BCUT2D eigenvalue weighted by Gasteiger charge is -2.20. The van der Waals surface area contributed by atoms with E-state index < -0.39 is 16.1 Å². The number of anilines is 1. The number of imidazole rings is 1. The average Bonchev–Trinajstić information content (AvgIpc) is 3.21. The second kappa shape index (κ2) is 9.86. The van der Waals surface area contributed by atoms with Gasteiger partial charge in [-0.15, -0.1) is 0 Å². The number of nitrogens with zero attached hydrogens (tertiary/aromatic N) is 3. The van der Waals surface area contributed by atoms with E-state index in [9.17, 15) is 13.2 Å². The van der Waals surface area contributed by atoms with E-state index >= 15 is 0 Å². The van der Waals surface area contributed by atoms with Crippen LogP contribution in [-0.4, -0.2) is 43.3 Å². The van der Waals surface area contributed by atoms with Crippen molar-refractivity contribution in [3.05, 3.63) is 72.3 Å². The highest BCUT2D eigenvalue weighted by Gasteiger charge is 2.19. The fraction of sp³-hybridized carbons (Fsp3) is 0.304. The van der Waals surface area contributed by atoms with Gasteiger partial charge in [0.2, 0.25) is 10.0 Å². The predicted octanol–water partition coefficient (Wildman–Crippen LogP) is 3.05. The summed E-state index contributed by atoms with van der Waals surface area (Å²) in [6.45, 7) is 4.15. The third-order valence-corrected chi connectivity index (χ3v) is 6.38. The van der Waals surface area contributed by atoms with Crippen molar-refractivity contribution < 1.29 is 17.9 Å². The van der Waals surface area contributed by atoms with Gasteiger partial charge in [-0.25, -0.2) is 13.4 Å². The van der Waals surface area contributed by atoms with Crippen molar-refractivity contribution in [2.75, 3.05) is 17.6 Å². The smallest absolute Gasteiger partial charge is 0.261 e. The van der Waals surface area contributed by atoms with Gasteiger partial charge in [0.25, 0.3) is 5.91 Å². The second-order valence-electron chi connectivity index (χ2n) is 7.43. The number of amides is 1. The molecule has 1 unspecified atom stereocenters. The topological polar surface area (TPSA) is 93.5 Å². The molecule has 9 heteroatoms. The third kappa shape index (κ3) is 5.47. The molecule has 0 saturated heterocycles. The minimum atomic E-state index is -3.34. The van der Waals surface area contributed by atoms with Gasteiger partial charge in [-0.3, -0.25) is 9.10 Å². The third-order valence-electron chi connectivity index (χ3n) is 5.17. The van der Waals surface area contributed by atoms with E-state index in [1.807, 2.05) is 48.9 Å². The van der Waals surface area contributed by atoms with Gasteiger partial charge in [-0.2, -0.15) is 0 Å². The van der Waals surface area contributed by atoms with Crippen LogP contribution in [0.15, 0.2) is 60.9 Å². The first-order valence-electron chi connectivity index (χ1n) is 10.3. The first-order chi connectivity index (χ1) is 15.2. The summed E-state index contributed by atoms with van der Waals surface area (Å²) in [5.74, 6) is 1.14. The molecule has 0 saturated carbocycles. The quantitative estimate of drug-likeness (QED) is 0.534. The molecule has 0 aliphatic heterocycles. The molecule has 1 aromatic heterocycles. The van der Waals surface area contributed by atoms with Crippen molar-refractivity contribution in [2.45, 2.75) is 32.9 Å². The first kappa shape index (κ1) is 23.3. The molecule has 1 N–H and O–H groups in total. The van der Waals surface area contributed by atoms with Gasteiger partial charge in [0.1, 0.15) is 11.6 Å². The van der Waals surface area contributed by atoms with Crippen molar-refractivity contribution in [2.24, 2.45) is 0 Å². The van der Waals surface area contributed by atoms with Crippen molar-refractivity contribution in [1.29, 1.82) is 0 Å². The van der Waals surface area contributed by atoms with Crippen LogP contribution in [0.25, 0.3) is 5.69 Å². The van der Waals surface area contributed by atoms with E-state index in [2.05, 4.69) is 10.3 Å². The van der Waals surface area contributed by atoms with Crippen LogP contribution in [0, 0.1) is 6.92 Å². The molecule has 3 rings (SSSR count). The lowest BCUT2D eigenvalue weighted by Crippen LogP contribution is -2.37. The standard InChI is InChI=1S/C23H28N4O4S/c1-5-22(31-20-12-10-19(11-13-20)26(3)32(4,29)30)23(28)25-16-18-8-6-7-9-21(18)27-15-14-24-17(27)2/h6-15,22H,5,16H2,1-4H3,(H,25,28). The molecule has 3 aromatic rings. The van der Waals surface area contributed by atoms with Crippen LogP contribution in [0.1, 0.15) is 24.7 Å². The summed E-state index contributed by atoms with van der Waals surface area (Å²) in [5.41, 5.74) is 2.44. The molecule has 2 aromatic carbocycles. The summed E-state index contributed by atoms with van der Waals surface area (Å²) in [6.07, 6.45) is 4.58. The van der Waals surface area contributed by atoms with E-state index in [-0.39, 0.29) is 5.91 Å². The van der Waals surface area contributed by atoms with Gasteiger partial charge in [0, 0.05) is 26.0 Å². The monoisotopic (exact) mass is 456 g/mol. The summed E-state index contributed by atoms with van der Waals surface area (Å²) in [5, 5.41) is 2.96. The maximum atomic E-state index is 12.8. The first-order valence-corrected chi connectivity index (χ1v) is 12.1. The Bertz CT molecular complexity index is 1170. The highest BCUT2D eigenvalue weighted by molar-refractivity contribution is 7.92. The fourth-order valence-corrected chi connectivity index (χ4v) is 3.74. The molecule has 0 aliphatic carbocycles. The van der Waals surface area contributed by atoms with Gasteiger partial charge in [-0.05, 0) is 49.2 Å². The molecular weight excluding hydrogens is 428 g/mol. The van der Waals surface area contributed by atoms with E-state index in [0.717, 1.165) is 23.3 Å². The fourth-order valence-electron chi connectivity index (χ4n) is 3.24. The Hall–Kier alpha value is -3.33. The number of aromatic nitrogens is 2. The average molecular weight is 457 g/mol. The van der Waals surface area contributed by atoms with Crippen molar-refractivity contribution in [1.82, 2.24) is 14.9 Å². The van der Waals surface area contributed by atoms with E-state index in [1.165, 1.54) is 11.4 Å². The van der Waals surface area contributed by atoms with Gasteiger partial charge in [-0.1, -0.05) is 25.1 Å². The molecular formula is C23H28N4O4S. The molecule has 1 amide bonds. The number of sulfonamides is 1. The summed E-state index contributed by atoms with van der Waals surface area (Å²) in [4.78, 5) is 17.0. The number of benzene rings is 2. The summed E-state index contributed by atoms with van der Waals surface area (Å²) < 4.78 is 32.4. The normalized spacial score (nSPS) is 12.2. The van der Waals surface area contributed by atoms with E-state index in [0.29, 0.717) is 24.4 Å². The number of nitrogens with one attached hydrogen (secondary N) is 1. The Labute approximate surface area is 188 Å². The van der Waals surface area contributed by atoms with Crippen LogP contribution >= 0.6 is 0 Å². The number of ether oxygens (including phenoxy) is 1. The summed E-state index contributed by atoms with van der Waals surface area (Å²) in [6, 6.07) is 14.4. The second-order valence-corrected chi connectivity index (χ2v) is 9.44. The Balaban J connectivity index is 1.66. The molecule has 1 heterocycles. The van der Waals surface area contributed by atoms with Crippen LogP contribution in [0.3, 0.4) is 0 Å². The van der Waals surface area contributed by atoms with Crippen LogP contribution in [-0.2, 0) is 21.4 Å². The van der Waals surface area contributed by atoms with Gasteiger partial charge in [0.05, 0.1) is 17.6 Å². The molecule has 0 spiro atoms. The maximum absolute atomic E-state index is 12.8. The molecule has 0 fully saturated rings. The van der Waals surface area contributed by atoms with Crippen LogP contribution in [0.5, 0.6) is 5.75 Å². The van der Waals surface area contributed by atoms with Gasteiger partial charge >= 0.3 is 0 Å². The molecule has 0 aliphatic rings. The zero-order valence-electron chi connectivity index (χ0n) is 18.6. The van der Waals surface area contributed by atoms with Gasteiger partial charge in [0.15, 0.2) is 6.10 Å². The zero-order valence-corrected chi connectivity index (χ0v) is 19.5. The van der Waals surface area contributed by atoms with E-state index in [4.69, 9.17) is 4.74 Å². The summed E-state index contributed by atoms with van der Waals surface area (Å²) >= 11 is 0. The number of hydrogen-bond acceptors (Lipinski definition) is 5. The van der Waals surface area contributed by atoms with Crippen LogP contribution in [0.2, 0.25) is 0 Å². The van der Waals surface area contributed by atoms with Crippen molar-refractivity contribution in [3.63, 3.8) is 0 Å².